The van der Waals surface area contributed by atoms with Gasteiger partial charge in [-0.1, -0.05) is 17.8 Å². The van der Waals surface area contributed by atoms with Crippen molar-refractivity contribution in [2.45, 2.75) is 18.1 Å². The highest BCUT2D eigenvalue weighted by Crippen LogP contribution is 2.30. The van der Waals surface area contributed by atoms with E-state index in [1.807, 2.05) is 0 Å². The van der Waals surface area contributed by atoms with Gasteiger partial charge in [-0.05, 0) is 30.7 Å². The molecule has 0 aliphatic rings. The van der Waals surface area contributed by atoms with Crippen molar-refractivity contribution in [1.82, 2.24) is 4.98 Å². The number of nitrogens with zero attached hydrogens (tertiary/aromatic N) is 2. The Morgan fingerprint density at radius 3 is 2.60 bits per heavy atom. The summed E-state index contributed by atoms with van der Waals surface area (Å²) in [6, 6.07) is 6.41. The van der Waals surface area contributed by atoms with E-state index in [-0.39, 0.29) is 22.2 Å². The molecule has 10 heteroatoms. The summed E-state index contributed by atoms with van der Waals surface area (Å²) in [6.45, 7) is 1.69. The highest BCUT2D eigenvalue weighted by atomic mass is 32.2. The van der Waals surface area contributed by atoms with Gasteiger partial charge in [-0.2, -0.15) is 13.2 Å². The summed E-state index contributed by atoms with van der Waals surface area (Å²) in [7, 11) is 0. The third-order valence-electron chi connectivity index (χ3n) is 3.04. The molecule has 0 fully saturated rings. The van der Waals surface area contributed by atoms with Gasteiger partial charge < -0.3 is 5.32 Å². The number of hydrogen-bond acceptors (Lipinski definition) is 5. The fourth-order valence-electron chi connectivity index (χ4n) is 1.86. The summed E-state index contributed by atoms with van der Waals surface area (Å²) in [5, 5.41) is 13.6. The maximum atomic E-state index is 12.4. The van der Waals surface area contributed by atoms with Crippen LogP contribution >= 0.6 is 11.8 Å². The van der Waals surface area contributed by atoms with Gasteiger partial charge in [0.1, 0.15) is 5.69 Å². The van der Waals surface area contributed by atoms with E-state index < -0.39 is 22.6 Å². The minimum atomic E-state index is -4.47. The topological polar surface area (TPSA) is 85.1 Å². The zero-order valence-corrected chi connectivity index (χ0v) is 13.6. The zero-order valence-electron chi connectivity index (χ0n) is 12.8. The van der Waals surface area contributed by atoms with Crippen molar-refractivity contribution in [3.8, 4) is 0 Å². The van der Waals surface area contributed by atoms with Gasteiger partial charge in [-0.25, -0.2) is 4.98 Å². The lowest BCUT2D eigenvalue weighted by molar-refractivity contribution is -0.384. The molecule has 0 spiro atoms. The van der Waals surface area contributed by atoms with Crippen LogP contribution in [0.2, 0.25) is 0 Å². The molecule has 0 radical (unpaired) electrons. The molecule has 1 aromatic heterocycles. The lowest BCUT2D eigenvalue weighted by Crippen LogP contribution is -2.15. The van der Waals surface area contributed by atoms with E-state index in [0.29, 0.717) is 11.8 Å². The van der Waals surface area contributed by atoms with E-state index in [9.17, 15) is 28.1 Å². The van der Waals surface area contributed by atoms with Crippen molar-refractivity contribution in [1.29, 1.82) is 0 Å². The van der Waals surface area contributed by atoms with Crippen molar-refractivity contribution in [3.63, 3.8) is 0 Å². The first kappa shape index (κ1) is 18.7. The average molecular weight is 371 g/mol. The third kappa shape index (κ3) is 5.18. The summed E-state index contributed by atoms with van der Waals surface area (Å²) < 4.78 is 37.3. The quantitative estimate of drug-likeness (QED) is 0.487. The number of pyridine rings is 1. The van der Waals surface area contributed by atoms with Crippen LogP contribution in [0, 0.1) is 17.0 Å². The molecule has 1 aromatic carbocycles. The van der Waals surface area contributed by atoms with Crippen molar-refractivity contribution in [3.05, 3.63) is 57.8 Å². The molecule has 2 rings (SSSR count). The van der Waals surface area contributed by atoms with Gasteiger partial charge in [0.25, 0.3) is 5.69 Å². The Hall–Kier alpha value is -2.62. The first-order chi connectivity index (χ1) is 11.7. The first-order valence-corrected chi connectivity index (χ1v) is 7.86. The minimum absolute atomic E-state index is 0.0570. The number of benzene rings is 1. The van der Waals surface area contributed by atoms with Gasteiger partial charge in [0, 0.05) is 12.3 Å². The summed E-state index contributed by atoms with van der Waals surface area (Å²) in [6.07, 6.45) is -3.79. The number of aryl methyl sites for hydroxylation is 1. The van der Waals surface area contributed by atoms with Crippen molar-refractivity contribution in [2.75, 3.05) is 11.1 Å². The lowest BCUT2D eigenvalue weighted by atomic mass is 10.2. The van der Waals surface area contributed by atoms with Crippen LogP contribution < -0.4 is 5.32 Å². The Kier molecular flexibility index (Phi) is 5.62. The number of carbonyl (C=O) groups is 1. The lowest BCUT2D eigenvalue weighted by Gasteiger charge is -2.08. The maximum Gasteiger partial charge on any atom is 0.417 e. The van der Waals surface area contributed by atoms with E-state index in [2.05, 4.69) is 10.3 Å². The molecule has 1 amide bonds. The maximum absolute atomic E-state index is 12.4. The second-order valence-corrected chi connectivity index (χ2v) is 5.99. The molecule has 25 heavy (non-hydrogen) atoms. The van der Waals surface area contributed by atoms with E-state index in [1.165, 1.54) is 12.1 Å². The van der Waals surface area contributed by atoms with Crippen LogP contribution in [0.25, 0.3) is 0 Å². The first-order valence-electron chi connectivity index (χ1n) is 6.88. The highest BCUT2D eigenvalue weighted by Gasteiger charge is 2.30. The van der Waals surface area contributed by atoms with Crippen molar-refractivity contribution in [2.24, 2.45) is 0 Å². The van der Waals surface area contributed by atoms with Crippen LogP contribution in [0.1, 0.15) is 11.1 Å². The Labute approximate surface area is 144 Å². The van der Waals surface area contributed by atoms with E-state index in [0.717, 1.165) is 23.9 Å². The predicted molar refractivity (Wildman–Crippen MR) is 86.4 cm³/mol. The van der Waals surface area contributed by atoms with Crippen LogP contribution in [0.3, 0.4) is 0 Å². The summed E-state index contributed by atoms with van der Waals surface area (Å²) >= 11 is 0.924. The number of amides is 1. The molecule has 0 saturated carbocycles. The van der Waals surface area contributed by atoms with E-state index in [4.69, 9.17) is 0 Å². The molecule has 1 N–H and O–H groups in total. The number of halogens is 3. The number of thioether (sulfide) groups is 1. The highest BCUT2D eigenvalue weighted by molar-refractivity contribution is 7.99. The summed E-state index contributed by atoms with van der Waals surface area (Å²) in [4.78, 5) is 25.9. The molecule has 0 aliphatic heterocycles. The smallest absolute Gasteiger partial charge is 0.320 e. The normalized spacial score (nSPS) is 11.2. The molecule has 0 saturated heterocycles. The van der Waals surface area contributed by atoms with Gasteiger partial charge in [0.15, 0.2) is 0 Å². The monoisotopic (exact) mass is 371 g/mol. The van der Waals surface area contributed by atoms with Gasteiger partial charge in [-0.15, -0.1) is 0 Å². The fourth-order valence-corrected chi connectivity index (χ4v) is 2.50. The van der Waals surface area contributed by atoms with Crippen LogP contribution in [0.4, 0.5) is 24.5 Å². The Morgan fingerprint density at radius 2 is 2.04 bits per heavy atom. The standard InChI is InChI=1S/C15H12F3N3O3S/c1-9-2-4-11(12(6-9)21(23)24)20-13(22)8-25-14-5-3-10(7-19-14)15(16,17)18/h2-7H,8H2,1H3,(H,20,22). The number of alkyl halides is 3. The molecular formula is C15H12F3N3O3S. The number of nitro groups is 1. The molecule has 6 nitrogen and oxygen atoms in total. The number of nitro benzene ring substituents is 1. The minimum Gasteiger partial charge on any atom is -0.320 e. The molecule has 2 aromatic rings. The third-order valence-corrected chi connectivity index (χ3v) is 3.98. The van der Waals surface area contributed by atoms with Gasteiger partial charge in [0.05, 0.1) is 21.3 Å². The average Bonchev–Trinajstić information content (AvgIpc) is 2.54. The number of carbonyl (C=O) groups excluding carboxylic acids is 1. The number of anilines is 1. The fraction of sp³-hybridized carbons (Fsp3) is 0.200. The van der Waals surface area contributed by atoms with Crippen LogP contribution in [-0.2, 0) is 11.0 Å². The van der Waals surface area contributed by atoms with E-state index >= 15 is 0 Å². The number of aromatic nitrogens is 1. The van der Waals surface area contributed by atoms with Gasteiger partial charge in [-0.3, -0.25) is 14.9 Å². The molecule has 0 atom stereocenters. The molecule has 0 bridgehead atoms. The van der Waals surface area contributed by atoms with Crippen LogP contribution in [0.5, 0.6) is 0 Å². The largest absolute Gasteiger partial charge is 0.417 e. The molecule has 132 valence electrons. The Balaban J connectivity index is 1.99. The SMILES string of the molecule is Cc1ccc(NC(=O)CSc2ccc(C(F)(F)F)cn2)c([N+](=O)[O-])c1. The summed E-state index contributed by atoms with van der Waals surface area (Å²) in [5.41, 5.74) is -0.378. The summed E-state index contributed by atoms with van der Waals surface area (Å²) in [5.74, 6) is -0.678. The predicted octanol–water partition coefficient (Wildman–Crippen LogP) is 4.05. The molecular weight excluding hydrogens is 359 g/mol. The number of hydrogen-bond donors (Lipinski definition) is 1. The Bertz CT molecular complexity index is 795. The van der Waals surface area contributed by atoms with Gasteiger partial charge >= 0.3 is 6.18 Å². The Morgan fingerprint density at radius 1 is 1.32 bits per heavy atom. The van der Waals surface area contributed by atoms with Gasteiger partial charge in [0.2, 0.25) is 5.91 Å². The second kappa shape index (κ2) is 7.51. The number of rotatable bonds is 5. The van der Waals surface area contributed by atoms with Crippen LogP contribution in [0.15, 0.2) is 41.6 Å². The van der Waals surface area contributed by atoms with Crippen molar-refractivity contribution >= 4 is 29.0 Å². The van der Waals surface area contributed by atoms with Crippen molar-refractivity contribution < 1.29 is 22.9 Å². The van der Waals surface area contributed by atoms with E-state index in [1.54, 1.807) is 13.0 Å². The molecule has 1 heterocycles. The zero-order chi connectivity index (χ0) is 18.6. The number of nitrogens with one attached hydrogen (secondary N) is 1. The van der Waals surface area contributed by atoms with Crippen LogP contribution in [-0.4, -0.2) is 21.6 Å². The second-order valence-electron chi connectivity index (χ2n) is 5.00. The molecule has 0 aliphatic carbocycles. The molecule has 0 unspecified atom stereocenters.